The SMILES string of the molecule is CC1(C)c2ccccc2-c2c(Cl)cc(Nc3ccc4ccccc4c3)cc21. The van der Waals surface area contributed by atoms with Gasteiger partial charge in [-0.05, 0) is 51.7 Å². The van der Waals surface area contributed by atoms with E-state index in [4.69, 9.17) is 11.6 Å². The lowest BCUT2D eigenvalue weighted by Gasteiger charge is -2.22. The van der Waals surface area contributed by atoms with E-state index in [2.05, 4.69) is 92.0 Å². The van der Waals surface area contributed by atoms with E-state index in [1.165, 1.54) is 33.0 Å². The smallest absolute Gasteiger partial charge is 0.0508 e. The molecule has 0 radical (unpaired) electrons. The summed E-state index contributed by atoms with van der Waals surface area (Å²) in [6.45, 7) is 4.54. The first-order chi connectivity index (χ1) is 13.0. The van der Waals surface area contributed by atoms with E-state index in [-0.39, 0.29) is 5.41 Å². The van der Waals surface area contributed by atoms with E-state index < -0.39 is 0 Å². The number of nitrogens with one attached hydrogen (secondary N) is 1. The van der Waals surface area contributed by atoms with Crippen molar-refractivity contribution >= 4 is 33.7 Å². The molecule has 27 heavy (non-hydrogen) atoms. The van der Waals surface area contributed by atoms with Gasteiger partial charge in [0.1, 0.15) is 0 Å². The highest BCUT2D eigenvalue weighted by molar-refractivity contribution is 6.34. The van der Waals surface area contributed by atoms with Gasteiger partial charge in [0.15, 0.2) is 0 Å². The molecular formula is C25H20ClN. The van der Waals surface area contributed by atoms with Crippen LogP contribution in [0.4, 0.5) is 11.4 Å². The van der Waals surface area contributed by atoms with E-state index in [0.29, 0.717) is 0 Å². The Morgan fingerprint density at radius 3 is 2.30 bits per heavy atom. The number of hydrogen-bond acceptors (Lipinski definition) is 1. The summed E-state index contributed by atoms with van der Waals surface area (Å²) in [6, 6.07) is 27.7. The number of rotatable bonds is 2. The van der Waals surface area contributed by atoms with Crippen molar-refractivity contribution in [3.05, 3.63) is 95.0 Å². The van der Waals surface area contributed by atoms with E-state index in [1.807, 2.05) is 6.07 Å². The lowest BCUT2D eigenvalue weighted by Crippen LogP contribution is -2.15. The molecule has 0 atom stereocenters. The molecule has 0 aliphatic heterocycles. The molecule has 0 saturated carbocycles. The Morgan fingerprint density at radius 1 is 0.704 bits per heavy atom. The Morgan fingerprint density at radius 2 is 1.44 bits per heavy atom. The summed E-state index contributed by atoms with van der Waals surface area (Å²) in [7, 11) is 0. The molecule has 132 valence electrons. The summed E-state index contributed by atoms with van der Waals surface area (Å²) in [4.78, 5) is 0. The van der Waals surface area contributed by atoms with Crippen LogP contribution in [0.2, 0.25) is 5.02 Å². The van der Waals surface area contributed by atoms with E-state index in [9.17, 15) is 0 Å². The third-order valence-corrected chi connectivity index (χ3v) is 5.97. The Kier molecular flexibility index (Phi) is 3.57. The average Bonchev–Trinajstić information content (AvgIpc) is 2.90. The van der Waals surface area contributed by atoms with Crippen molar-refractivity contribution < 1.29 is 0 Å². The van der Waals surface area contributed by atoms with Gasteiger partial charge in [0.2, 0.25) is 0 Å². The normalized spacial score (nSPS) is 14.0. The van der Waals surface area contributed by atoms with Crippen molar-refractivity contribution in [1.82, 2.24) is 0 Å². The van der Waals surface area contributed by atoms with Gasteiger partial charge >= 0.3 is 0 Å². The Balaban J connectivity index is 1.59. The number of anilines is 2. The second kappa shape index (κ2) is 5.87. The lowest BCUT2D eigenvalue weighted by molar-refractivity contribution is 0.660. The second-order valence-electron chi connectivity index (χ2n) is 7.74. The highest BCUT2D eigenvalue weighted by atomic mass is 35.5. The molecule has 0 saturated heterocycles. The van der Waals surface area contributed by atoms with Crippen LogP contribution in [-0.2, 0) is 5.41 Å². The van der Waals surface area contributed by atoms with Crippen LogP contribution in [0.1, 0.15) is 25.0 Å². The first kappa shape index (κ1) is 16.4. The highest BCUT2D eigenvalue weighted by Crippen LogP contribution is 2.52. The van der Waals surface area contributed by atoms with Gasteiger partial charge in [0.05, 0.1) is 5.02 Å². The molecule has 4 aromatic rings. The maximum atomic E-state index is 6.75. The number of hydrogen-bond donors (Lipinski definition) is 1. The summed E-state index contributed by atoms with van der Waals surface area (Å²) >= 11 is 6.75. The molecule has 0 fully saturated rings. The van der Waals surface area contributed by atoms with Crippen molar-refractivity contribution in [1.29, 1.82) is 0 Å². The van der Waals surface area contributed by atoms with Crippen molar-refractivity contribution in [2.24, 2.45) is 0 Å². The van der Waals surface area contributed by atoms with Crippen LogP contribution in [-0.4, -0.2) is 0 Å². The van der Waals surface area contributed by atoms with Crippen LogP contribution in [0.5, 0.6) is 0 Å². The molecule has 0 aromatic heterocycles. The monoisotopic (exact) mass is 369 g/mol. The molecule has 0 spiro atoms. The summed E-state index contributed by atoms with van der Waals surface area (Å²) < 4.78 is 0. The van der Waals surface area contributed by atoms with E-state index in [1.54, 1.807) is 0 Å². The predicted molar refractivity (Wildman–Crippen MR) is 116 cm³/mol. The molecule has 4 aromatic carbocycles. The minimum atomic E-state index is -0.0589. The molecule has 5 rings (SSSR count). The average molecular weight is 370 g/mol. The minimum absolute atomic E-state index is 0.0589. The minimum Gasteiger partial charge on any atom is -0.355 e. The quantitative estimate of drug-likeness (QED) is 0.384. The zero-order chi connectivity index (χ0) is 18.6. The summed E-state index contributed by atoms with van der Waals surface area (Å²) in [6.07, 6.45) is 0. The molecule has 0 bridgehead atoms. The molecular weight excluding hydrogens is 350 g/mol. The summed E-state index contributed by atoms with van der Waals surface area (Å²) in [5, 5.41) is 6.81. The van der Waals surface area contributed by atoms with Crippen LogP contribution in [0.15, 0.2) is 78.9 Å². The van der Waals surface area contributed by atoms with Crippen molar-refractivity contribution in [3.8, 4) is 11.1 Å². The standard InChI is InChI=1S/C25H20ClN/c1-25(2)21-10-6-5-9-20(21)24-22(25)14-19(15-23(24)26)27-18-12-11-16-7-3-4-8-17(16)13-18/h3-15,27H,1-2H3. The largest absolute Gasteiger partial charge is 0.355 e. The van der Waals surface area contributed by atoms with Gasteiger partial charge in [-0.15, -0.1) is 0 Å². The maximum absolute atomic E-state index is 6.75. The molecule has 1 aliphatic carbocycles. The third kappa shape index (κ3) is 2.54. The Hall–Kier alpha value is -2.77. The van der Waals surface area contributed by atoms with Gasteiger partial charge in [0, 0.05) is 22.4 Å². The first-order valence-corrected chi connectivity index (χ1v) is 9.61. The first-order valence-electron chi connectivity index (χ1n) is 9.24. The predicted octanol–water partition coefficient (Wildman–Crippen LogP) is 7.54. The number of fused-ring (bicyclic) bond motifs is 4. The fraction of sp³-hybridized carbons (Fsp3) is 0.120. The van der Waals surface area contributed by atoms with Gasteiger partial charge in [-0.3, -0.25) is 0 Å². The van der Waals surface area contributed by atoms with Gasteiger partial charge in [0.25, 0.3) is 0 Å². The third-order valence-electron chi connectivity index (χ3n) is 5.67. The van der Waals surface area contributed by atoms with Crippen LogP contribution in [0.3, 0.4) is 0 Å². The van der Waals surface area contributed by atoms with Gasteiger partial charge < -0.3 is 5.32 Å². The van der Waals surface area contributed by atoms with Crippen molar-refractivity contribution in [3.63, 3.8) is 0 Å². The molecule has 1 aliphatic rings. The molecule has 0 heterocycles. The van der Waals surface area contributed by atoms with E-state index in [0.717, 1.165) is 16.4 Å². The molecule has 1 nitrogen and oxygen atoms in total. The highest BCUT2D eigenvalue weighted by Gasteiger charge is 2.36. The fourth-order valence-electron chi connectivity index (χ4n) is 4.27. The lowest BCUT2D eigenvalue weighted by atomic mass is 9.82. The van der Waals surface area contributed by atoms with Crippen LogP contribution in [0.25, 0.3) is 21.9 Å². The molecule has 0 amide bonds. The van der Waals surface area contributed by atoms with Gasteiger partial charge in [-0.2, -0.15) is 0 Å². The molecule has 1 N–H and O–H groups in total. The molecule has 2 heteroatoms. The number of halogens is 1. The van der Waals surface area contributed by atoms with Crippen LogP contribution >= 0.6 is 11.6 Å². The second-order valence-corrected chi connectivity index (χ2v) is 8.15. The summed E-state index contributed by atoms with van der Waals surface area (Å²) in [5.74, 6) is 0. The maximum Gasteiger partial charge on any atom is 0.0508 e. The van der Waals surface area contributed by atoms with E-state index >= 15 is 0 Å². The van der Waals surface area contributed by atoms with Crippen molar-refractivity contribution in [2.75, 3.05) is 5.32 Å². The fourth-order valence-corrected chi connectivity index (χ4v) is 4.59. The summed E-state index contributed by atoms with van der Waals surface area (Å²) in [5.41, 5.74) is 7.06. The van der Waals surface area contributed by atoms with Gasteiger partial charge in [-0.1, -0.05) is 80.0 Å². The van der Waals surface area contributed by atoms with Crippen molar-refractivity contribution in [2.45, 2.75) is 19.3 Å². The van der Waals surface area contributed by atoms with Gasteiger partial charge in [-0.25, -0.2) is 0 Å². The Labute approximate surface area is 164 Å². The zero-order valence-electron chi connectivity index (χ0n) is 15.4. The van der Waals surface area contributed by atoms with Crippen LogP contribution < -0.4 is 5.32 Å². The van der Waals surface area contributed by atoms with Crippen LogP contribution in [0, 0.1) is 0 Å². The zero-order valence-corrected chi connectivity index (χ0v) is 16.1. The number of benzene rings is 4. The topological polar surface area (TPSA) is 12.0 Å². The Bertz CT molecular complexity index is 1190. The molecule has 0 unspecified atom stereocenters.